The molecule has 0 saturated heterocycles. The normalized spacial score (nSPS) is 31.2. The Morgan fingerprint density at radius 2 is 1.78 bits per heavy atom. The summed E-state index contributed by atoms with van der Waals surface area (Å²) in [6.07, 6.45) is 0.209. The Kier molecular flexibility index (Phi) is 6.06. The summed E-state index contributed by atoms with van der Waals surface area (Å²) in [5, 5.41) is 22.5. The molecule has 190 valence electrons. The fraction of sp³-hybridized carbons (Fsp3) is 0.500. The topological polar surface area (TPSA) is 158 Å². The fourth-order valence-electron chi connectivity index (χ4n) is 6.28. The first-order valence-corrected chi connectivity index (χ1v) is 11.6. The molecule has 3 aliphatic carbocycles. The smallest absolute Gasteiger partial charge is 0.235 e. The molecular weight excluding hydrogens is 466 g/mol. The van der Waals surface area contributed by atoms with Crippen LogP contribution >= 0.6 is 0 Å². The first-order chi connectivity index (χ1) is 16.8. The van der Waals surface area contributed by atoms with Crippen molar-refractivity contribution in [1.29, 1.82) is 0 Å². The third-order valence-corrected chi connectivity index (χ3v) is 7.78. The number of hydrogen-bond acceptors (Lipinski definition) is 9. The molecule has 4 N–H and O–H groups in total. The maximum absolute atomic E-state index is 13.8. The molecule has 0 bridgehead atoms. The van der Waals surface area contributed by atoms with E-state index in [1.165, 1.54) is 4.90 Å². The van der Waals surface area contributed by atoms with Gasteiger partial charge in [0.05, 0.1) is 23.1 Å². The summed E-state index contributed by atoms with van der Waals surface area (Å²) in [4.78, 5) is 69.3. The molecule has 2 saturated carbocycles. The monoisotopic (exact) mass is 495 g/mol. The van der Waals surface area contributed by atoms with Crippen molar-refractivity contribution >= 4 is 34.7 Å². The largest absolute Gasteiger partial charge is 0.506 e. The summed E-state index contributed by atoms with van der Waals surface area (Å²) >= 11 is 0. The molecule has 0 radical (unpaired) electrons. The molecule has 2 unspecified atom stereocenters. The van der Waals surface area contributed by atoms with Crippen LogP contribution in [0.25, 0.3) is 0 Å². The lowest BCUT2D eigenvalue weighted by atomic mass is 9.52. The Morgan fingerprint density at radius 1 is 1.14 bits per heavy atom. The highest BCUT2D eigenvalue weighted by atomic mass is 16.3. The molecule has 2 fully saturated rings. The Labute approximate surface area is 208 Å². The molecule has 10 heteroatoms. The van der Waals surface area contributed by atoms with E-state index in [2.05, 4.69) is 11.8 Å². The van der Waals surface area contributed by atoms with Gasteiger partial charge in [0.15, 0.2) is 34.7 Å². The van der Waals surface area contributed by atoms with Crippen molar-refractivity contribution in [2.24, 2.45) is 29.4 Å². The number of rotatable bonds is 3. The van der Waals surface area contributed by atoms with E-state index in [1.807, 2.05) is 0 Å². The molecule has 1 aromatic carbocycles. The minimum absolute atomic E-state index is 0.00798. The van der Waals surface area contributed by atoms with Gasteiger partial charge in [0.2, 0.25) is 5.91 Å². The highest BCUT2D eigenvalue weighted by Gasteiger charge is 2.69. The minimum atomic E-state index is -2.74. The second-order valence-corrected chi connectivity index (χ2v) is 10.2. The molecule has 0 spiro atoms. The average molecular weight is 496 g/mol. The van der Waals surface area contributed by atoms with Crippen molar-refractivity contribution in [3.63, 3.8) is 0 Å². The summed E-state index contributed by atoms with van der Waals surface area (Å²) < 4.78 is 0. The SMILES string of the molecule is CC#Cc1cc(N(C)C)c2c(c1O)C(=O)C1C(=O)[C@@]3(O)C(=O)C(C(N)=O)C(=O)[C@H](N(C)C)[C@H]3C[C@H]1C2. The van der Waals surface area contributed by atoms with Gasteiger partial charge in [-0.3, -0.25) is 28.9 Å². The fourth-order valence-corrected chi connectivity index (χ4v) is 6.28. The molecule has 1 amide bonds. The Bertz CT molecular complexity index is 1290. The molecule has 0 heterocycles. The van der Waals surface area contributed by atoms with Gasteiger partial charge < -0.3 is 20.8 Å². The number of Topliss-reactive ketones (excluding diaryl/α,β-unsaturated/α-hetero) is 4. The lowest BCUT2D eigenvalue weighted by Crippen LogP contribution is -2.74. The van der Waals surface area contributed by atoms with Crippen molar-refractivity contribution in [2.75, 3.05) is 33.1 Å². The number of primary amides is 1. The predicted octanol–water partition coefficient (Wildman–Crippen LogP) is -0.696. The van der Waals surface area contributed by atoms with E-state index in [4.69, 9.17) is 5.73 Å². The molecular formula is C26H29N3O7. The highest BCUT2D eigenvalue weighted by Crippen LogP contribution is 2.52. The molecule has 4 rings (SSSR count). The maximum atomic E-state index is 13.8. The maximum Gasteiger partial charge on any atom is 0.235 e. The van der Waals surface area contributed by atoms with Gasteiger partial charge in [-0.25, -0.2) is 0 Å². The van der Waals surface area contributed by atoms with Crippen molar-refractivity contribution < 1.29 is 34.2 Å². The molecule has 6 atom stereocenters. The Balaban J connectivity index is 1.92. The Morgan fingerprint density at radius 3 is 2.31 bits per heavy atom. The summed E-state index contributed by atoms with van der Waals surface area (Å²) in [5.74, 6) is -5.21. The number of benzene rings is 1. The van der Waals surface area contributed by atoms with Gasteiger partial charge in [0.25, 0.3) is 0 Å². The summed E-state index contributed by atoms with van der Waals surface area (Å²) in [7, 11) is 6.66. The van der Waals surface area contributed by atoms with Crippen molar-refractivity contribution in [3.8, 4) is 17.6 Å². The second-order valence-electron chi connectivity index (χ2n) is 10.2. The van der Waals surface area contributed by atoms with Gasteiger partial charge in [-0.1, -0.05) is 5.92 Å². The number of ketones is 4. The standard InChI is InChI=1S/C26H29N3O7/c1-6-7-11-10-15(28(2)3)13-8-12-9-14-19(29(4)5)22(32)18(25(27)35)24(34)26(14,36)23(33)16(12)21(31)17(13)20(11)30/h10,12,14,16,18-19,30,36H,8-9H2,1-5H3,(H2,27,35)/t12-,14-,16?,18?,19-,26-/m1/s1. The number of aromatic hydroxyl groups is 1. The highest BCUT2D eigenvalue weighted by molar-refractivity contribution is 6.32. The van der Waals surface area contributed by atoms with E-state index in [1.54, 1.807) is 46.1 Å². The minimum Gasteiger partial charge on any atom is -0.506 e. The van der Waals surface area contributed by atoms with Crippen LogP contribution in [0.4, 0.5) is 5.69 Å². The Hall–Kier alpha value is -3.55. The number of phenols is 1. The number of nitrogens with zero attached hydrogens (tertiary/aromatic N) is 2. The van der Waals surface area contributed by atoms with E-state index >= 15 is 0 Å². The number of carbonyl (C=O) groups excluding carboxylic acids is 5. The van der Waals surface area contributed by atoms with Gasteiger partial charge in [0.1, 0.15) is 5.75 Å². The van der Waals surface area contributed by atoms with Crippen LogP contribution in [0.5, 0.6) is 5.75 Å². The molecule has 36 heavy (non-hydrogen) atoms. The summed E-state index contributed by atoms with van der Waals surface area (Å²) in [6, 6.07) is 0.544. The predicted molar refractivity (Wildman–Crippen MR) is 128 cm³/mol. The molecule has 1 aromatic rings. The summed E-state index contributed by atoms with van der Waals surface area (Å²) in [6.45, 7) is 1.58. The van der Waals surface area contributed by atoms with Crippen LogP contribution in [0.15, 0.2) is 6.07 Å². The number of fused-ring (bicyclic) bond motifs is 3. The molecule has 3 aliphatic rings. The van der Waals surface area contributed by atoms with Crippen LogP contribution in [-0.4, -0.2) is 84.0 Å². The number of carbonyl (C=O) groups is 5. The molecule has 10 nitrogen and oxygen atoms in total. The first kappa shape index (κ1) is 25.5. The van der Waals surface area contributed by atoms with Crippen molar-refractivity contribution in [1.82, 2.24) is 4.90 Å². The van der Waals surface area contributed by atoms with E-state index in [-0.39, 0.29) is 29.7 Å². The number of aliphatic hydroxyl groups is 1. The van der Waals surface area contributed by atoms with Gasteiger partial charge in [0, 0.05) is 25.7 Å². The third-order valence-electron chi connectivity index (χ3n) is 7.78. The number of hydrogen-bond donors (Lipinski definition) is 3. The van der Waals surface area contributed by atoms with Crippen LogP contribution in [-0.2, 0) is 25.6 Å². The zero-order valence-corrected chi connectivity index (χ0v) is 20.8. The van der Waals surface area contributed by atoms with Gasteiger partial charge in [-0.2, -0.15) is 0 Å². The van der Waals surface area contributed by atoms with Crippen molar-refractivity contribution in [3.05, 3.63) is 22.8 Å². The van der Waals surface area contributed by atoms with Crippen LogP contribution in [0.3, 0.4) is 0 Å². The van der Waals surface area contributed by atoms with Gasteiger partial charge >= 0.3 is 0 Å². The third kappa shape index (κ3) is 3.30. The van der Waals surface area contributed by atoms with Crippen molar-refractivity contribution in [2.45, 2.75) is 31.4 Å². The average Bonchev–Trinajstić information content (AvgIpc) is 2.77. The van der Waals surface area contributed by atoms with Gasteiger partial charge in [-0.15, -0.1) is 5.92 Å². The second kappa shape index (κ2) is 8.54. The lowest BCUT2D eigenvalue weighted by Gasteiger charge is -2.52. The lowest BCUT2D eigenvalue weighted by molar-refractivity contribution is -0.181. The number of phenolic OH excluding ortho intramolecular Hbond substituents is 1. The first-order valence-electron chi connectivity index (χ1n) is 11.6. The zero-order valence-electron chi connectivity index (χ0n) is 20.8. The van der Waals surface area contributed by atoms with E-state index in [0.717, 1.165) is 0 Å². The quantitative estimate of drug-likeness (QED) is 0.364. The molecule has 0 aromatic heterocycles. The van der Waals surface area contributed by atoms with E-state index in [0.29, 0.717) is 11.3 Å². The van der Waals surface area contributed by atoms with Crippen LogP contribution in [0, 0.1) is 35.5 Å². The number of amides is 1. The van der Waals surface area contributed by atoms with E-state index in [9.17, 15) is 34.2 Å². The van der Waals surface area contributed by atoms with Crippen LogP contribution in [0.1, 0.15) is 34.8 Å². The number of likely N-dealkylation sites (N-methyl/N-ethyl adjacent to an activating group) is 1. The van der Waals surface area contributed by atoms with Gasteiger partial charge in [-0.05, 0) is 51.4 Å². The zero-order chi connectivity index (χ0) is 26.9. The molecule has 0 aliphatic heterocycles. The summed E-state index contributed by atoms with van der Waals surface area (Å²) in [5.41, 5.74) is 3.93. The van der Waals surface area contributed by atoms with E-state index < -0.39 is 64.4 Å². The number of nitrogens with two attached hydrogens (primary N) is 1. The number of anilines is 1. The van der Waals surface area contributed by atoms with Crippen LogP contribution < -0.4 is 10.6 Å². The van der Waals surface area contributed by atoms with Crippen LogP contribution in [0.2, 0.25) is 0 Å².